The monoisotopic (exact) mass is 277 g/mol. The van der Waals surface area contributed by atoms with Crippen LogP contribution in [0.3, 0.4) is 0 Å². The van der Waals surface area contributed by atoms with E-state index < -0.39 is 15.6 Å². The maximum absolute atomic E-state index is 11.7. The van der Waals surface area contributed by atoms with Gasteiger partial charge in [0.05, 0.1) is 11.4 Å². The smallest absolute Gasteiger partial charge is 0.211 e. The van der Waals surface area contributed by atoms with Crippen LogP contribution >= 0.6 is 0 Å². The van der Waals surface area contributed by atoms with Gasteiger partial charge in [-0.1, -0.05) is 27.2 Å². The van der Waals surface area contributed by atoms with Crippen LogP contribution in [0.5, 0.6) is 0 Å². The summed E-state index contributed by atoms with van der Waals surface area (Å²) in [6.45, 7) is 6.51. The molecule has 4 nitrogen and oxygen atoms in total. The summed E-state index contributed by atoms with van der Waals surface area (Å²) < 4.78 is 25.9. The Kier molecular flexibility index (Phi) is 5.21. The van der Waals surface area contributed by atoms with Crippen molar-refractivity contribution in [2.75, 3.05) is 12.3 Å². The fourth-order valence-electron chi connectivity index (χ4n) is 2.22. The Morgan fingerprint density at radius 1 is 1.17 bits per heavy atom. The highest BCUT2D eigenvalue weighted by atomic mass is 32.2. The zero-order valence-corrected chi connectivity index (χ0v) is 12.6. The maximum Gasteiger partial charge on any atom is 0.211 e. The van der Waals surface area contributed by atoms with Crippen molar-refractivity contribution in [3.63, 3.8) is 0 Å². The Hall–Kier alpha value is -0.130. The molecule has 2 N–H and O–H groups in total. The van der Waals surface area contributed by atoms with Gasteiger partial charge in [-0.3, -0.25) is 0 Å². The number of hydrogen-bond donors (Lipinski definition) is 2. The van der Waals surface area contributed by atoms with E-state index in [0.717, 1.165) is 19.3 Å². The third kappa shape index (κ3) is 5.24. The van der Waals surface area contributed by atoms with Crippen molar-refractivity contribution in [1.82, 2.24) is 4.72 Å². The van der Waals surface area contributed by atoms with Crippen LogP contribution in [-0.2, 0) is 10.0 Å². The largest absolute Gasteiger partial charge is 0.389 e. The molecule has 0 aromatic heterocycles. The molecule has 0 saturated heterocycles. The standard InChI is InChI=1S/C13H27NO3S/c1-4-5-10-18(16,17)14-11-13(15)8-6-12(2,3)7-9-13/h14-15H,4-11H2,1-3H3. The lowest BCUT2D eigenvalue weighted by atomic mass is 9.71. The molecular weight excluding hydrogens is 250 g/mol. The zero-order chi connectivity index (χ0) is 13.9. The first-order chi connectivity index (χ1) is 8.18. The maximum atomic E-state index is 11.7. The number of rotatable bonds is 6. The van der Waals surface area contributed by atoms with Gasteiger partial charge in [-0.25, -0.2) is 13.1 Å². The van der Waals surface area contributed by atoms with Gasteiger partial charge in [-0.05, 0) is 37.5 Å². The van der Waals surface area contributed by atoms with Crippen molar-refractivity contribution in [2.45, 2.75) is 64.9 Å². The summed E-state index contributed by atoms with van der Waals surface area (Å²) in [5.74, 6) is 0.158. The molecular formula is C13H27NO3S. The van der Waals surface area contributed by atoms with Crippen LogP contribution in [0, 0.1) is 5.41 Å². The molecule has 0 amide bonds. The predicted octanol–water partition coefficient (Wildman–Crippen LogP) is 2.04. The molecule has 1 aliphatic rings. The minimum atomic E-state index is -3.22. The van der Waals surface area contributed by atoms with E-state index in [2.05, 4.69) is 18.6 Å². The molecule has 0 unspecified atom stereocenters. The average molecular weight is 277 g/mol. The van der Waals surface area contributed by atoms with Crippen LogP contribution < -0.4 is 4.72 Å². The summed E-state index contributed by atoms with van der Waals surface area (Å²) in [6.07, 6.45) is 4.77. The lowest BCUT2D eigenvalue weighted by molar-refractivity contribution is -0.0205. The van der Waals surface area contributed by atoms with E-state index in [9.17, 15) is 13.5 Å². The molecule has 0 radical (unpaired) electrons. The molecule has 0 atom stereocenters. The third-order valence-corrected chi connectivity index (χ3v) is 5.33. The van der Waals surface area contributed by atoms with Crippen LogP contribution in [0.1, 0.15) is 59.3 Å². The van der Waals surface area contributed by atoms with E-state index in [0.29, 0.717) is 19.3 Å². The van der Waals surface area contributed by atoms with Gasteiger partial charge in [0.15, 0.2) is 0 Å². The van der Waals surface area contributed by atoms with Gasteiger partial charge in [-0.15, -0.1) is 0 Å². The van der Waals surface area contributed by atoms with Gasteiger partial charge in [-0.2, -0.15) is 0 Å². The second-order valence-electron chi connectivity index (χ2n) is 6.38. The quantitative estimate of drug-likeness (QED) is 0.781. The highest BCUT2D eigenvalue weighted by molar-refractivity contribution is 7.89. The van der Waals surface area contributed by atoms with Crippen molar-refractivity contribution in [2.24, 2.45) is 5.41 Å². The molecule has 1 rings (SSSR count). The first kappa shape index (κ1) is 15.9. The van der Waals surface area contributed by atoms with Crippen molar-refractivity contribution < 1.29 is 13.5 Å². The molecule has 1 fully saturated rings. The number of unbranched alkanes of at least 4 members (excludes halogenated alkanes) is 1. The first-order valence-corrected chi connectivity index (χ1v) is 8.53. The van der Waals surface area contributed by atoms with Crippen molar-refractivity contribution in [3.8, 4) is 0 Å². The molecule has 1 saturated carbocycles. The lowest BCUT2D eigenvalue weighted by Crippen LogP contribution is -2.47. The summed E-state index contributed by atoms with van der Waals surface area (Å²) in [4.78, 5) is 0. The molecule has 5 heteroatoms. The zero-order valence-electron chi connectivity index (χ0n) is 11.8. The lowest BCUT2D eigenvalue weighted by Gasteiger charge is -2.40. The number of aliphatic hydroxyl groups is 1. The first-order valence-electron chi connectivity index (χ1n) is 6.88. The van der Waals surface area contributed by atoms with Crippen LogP contribution in [-0.4, -0.2) is 31.4 Å². The van der Waals surface area contributed by atoms with Crippen molar-refractivity contribution >= 4 is 10.0 Å². The van der Waals surface area contributed by atoms with Crippen molar-refractivity contribution in [3.05, 3.63) is 0 Å². The van der Waals surface area contributed by atoms with Crippen LogP contribution in [0.25, 0.3) is 0 Å². The molecule has 18 heavy (non-hydrogen) atoms. The van der Waals surface area contributed by atoms with E-state index in [4.69, 9.17) is 0 Å². The van der Waals surface area contributed by atoms with E-state index in [-0.39, 0.29) is 17.7 Å². The van der Waals surface area contributed by atoms with Gasteiger partial charge in [0.2, 0.25) is 10.0 Å². The second-order valence-corrected chi connectivity index (χ2v) is 8.31. The summed E-state index contributed by atoms with van der Waals surface area (Å²) in [6, 6.07) is 0. The Morgan fingerprint density at radius 2 is 1.72 bits per heavy atom. The molecule has 108 valence electrons. The fraction of sp³-hybridized carbons (Fsp3) is 1.00. The van der Waals surface area contributed by atoms with Gasteiger partial charge in [0, 0.05) is 6.54 Å². The third-order valence-electron chi connectivity index (χ3n) is 3.92. The summed E-state index contributed by atoms with van der Waals surface area (Å²) in [5, 5.41) is 10.4. The average Bonchev–Trinajstić information content (AvgIpc) is 2.29. The highest BCUT2D eigenvalue weighted by Crippen LogP contribution is 2.39. The summed E-state index contributed by atoms with van der Waals surface area (Å²) >= 11 is 0. The minimum Gasteiger partial charge on any atom is -0.389 e. The van der Waals surface area contributed by atoms with E-state index in [1.54, 1.807) is 0 Å². The van der Waals surface area contributed by atoms with Crippen LogP contribution in [0.15, 0.2) is 0 Å². The SMILES string of the molecule is CCCCS(=O)(=O)NCC1(O)CCC(C)(C)CC1. The predicted molar refractivity (Wildman–Crippen MR) is 73.9 cm³/mol. The normalized spacial score (nSPS) is 22.9. The van der Waals surface area contributed by atoms with Crippen LogP contribution in [0.4, 0.5) is 0 Å². The van der Waals surface area contributed by atoms with Gasteiger partial charge in [0.25, 0.3) is 0 Å². The Bertz CT molecular complexity index is 352. The van der Waals surface area contributed by atoms with Gasteiger partial charge >= 0.3 is 0 Å². The summed E-state index contributed by atoms with van der Waals surface area (Å²) in [5.41, 5.74) is -0.581. The second kappa shape index (κ2) is 5.88. The molecule has 0 aromatic rings. The molecule has 0 aromatic carbocycles. The number of sulfonamides is 1. The molecule has 0 aliphatic heterocycles. The van der Waals surface area contributed by atoms with Crippen LogP contribution in [0.2, 0.25) is 0 Å². The Morgan fingerprint density at radius 3 is 2.22 bits per heavy atom. The highest BCUT2D eigenvalue weighted by Gasteiger charge is 2.37. The summed E-state index contributed by atoms with van der Waals surface area (Å²) in [7, 11) is -3.22. The van der Waals surface area contributed by atoms with E-state index in [1.165, 1.54) is 0 Å². The molecule has 0 bridgehead atoms. The molecule has 1 aliphatic carbocycles. The number of hydrogen-bond acceptors (Lipinski definition) is 3. The van der Waals surface area contributed by atoms with E-state index in [1.807, 2.05) is 6.92 Å². The Balaban J connectivity index is 2.43. The Labute approximate surface area is 111 Å². The molecule has 0 heterocycles. The molecule has 0 spiro atoms. The number of nitrogens with one attached hydrogen (secondary N) is 1. The van der Waals surface area contributed by atoms with E-state index >= 15 is 0 Å². The topological polar surface area (TPSA) is 66.4 Å². The van der Waals surface area contributed by atoms with Gasteiger partial charge < -0.3 is 5.11 Å². The fourth-order valence-corrected chi connectivity index (χ4v) is 3.52. The van der Waals surface area contributed by atoms with Crippen molar-refractivity contribution in [1.29, 1.82) is 0 Å². The van der Waals surface area contributed by atoms with Gasteiger partial charge in [0.1, 0.15) is 0 Å². The minimum absolute atomic E-state index is 0.158.